The lowest BCUT2D eigenvalue weighted by Gasteiger charge is -2.28. The normalized spacial score (nSPS) is 15.1. The van der Waals surface area contributed by atoms with Crippen LogP contribution in [0, 0.1) is 0 Å². The zero-order chi connectivity index (χ0) is 21.2. The SMILES string of the molecule is CC(C)(CCCC[S+]([O-])CCCCC(C)(CO)c1ccccc1)c1ccccc1. The molecule has 2 nitrogen and oxygen atoms in total. The predicted octanol–water partition coefficient (Wildman–Crippen LogP) is 6.00. The highest BCUT2D eigenvalue weighted by molar-refractivity contribution is 7.91. The fraction of sp³-hybridized carbons (Fsp3) is 0.538. The van der Waals surface area contributed by atoms with Gasteiger partial charge in [0.15, 0.2) is 0 Å². The largest absolute Gasteiger partial charge is 0.616 e. The Kier molecular flexibility index (Phi) is 9.74. The Morgan fingerprint density at radius 1 is 0.724 bits per heavy atom. The molecule has 2 unspecified atom stereocenters. The van der Waals surface area contributed by atoms with Crippen molar-refractivity contribution in [2.75, 3.05) is 18.1 Å². The summed E-state index contributed by atoms with van der Waals surface area (Å²) in [6.45, 7) is 6.86. The van der Waals surface area contributed by atoms with Crippen molar-refractivity contribution >= 4 is 11.2 Å². The van der Waals surface area contributed by atoms with Gasteiger partial charge in [0.1, 0.15) is 11.5 Å². The molecule has 0 bridgehead atoms. The summed E-state index contributed by atoms with van der Waals surface area (Å²) in [7, 11) is 0. The lowest BCUT2D eigenvalue weighted by Crippen LogP contribution is -2.26. The van der Waals surface area contributed by atoms with Gasteiger partial charge in [-0.15, -0.1) is 0 Å². The molecule has 160 valence electrons. The summed E-state index contributed by atoms with van der Waals surface area (Å²) in [5.41, 5.74) is 2.54. The molecule has 29 heavy (non-hydrogen) atoms. The fourth-order valence-corrected chi connectivity index (χ4v) is 5.16. The zero-order valence-corrected chi connectivity index (χ0v) is 19.2. The summed E-state index contributed by atoms with van der Waals surface area (Å²) < 4.78 is 12.4. The minimum atomic E-state index is -0.730. The molecular formula is C26H38O2S. The molecule has 0 aliphatic carbocycles. The van der Waals surface area contributed by atoms with Crippen LogP contribution in [0.3, 0.4) is 0 Å². The van der Waals surface area contributed by atoms with E-state index in [1.54, 1.807) is 0 Å². The van der Waals surface area contributed by atoms with E-state index >= 15 is 0 Å². The van der Waals surface area contributed by atoms with Crippen molar-refractivity contribution in [1.82, 2.24) is 0 Å². The molecule has 0 amide bonds. The maximum absolute atomic E-state index is 12.4. The molecule has 2 aromatic rings. The van der Waals surface area contributed by atoms with Crippen LogP contribution in [0.2, 0.25) is 0 Å². The molecule has 0 heterocycles. The molecule has 0 aromatic heterocycles. The topological polar surface area (TPSA) is 43.3 Å². The molecule has 0 spiro atoms. The van der Waals surface area contributed by atoms with Crippen molar-refractivity contribution in [3.63, 3.8) is 0 Å². The lowest BCUT2D eigenvalue weighted by molar-refractivity contribution is 0.194. The quantitative estimate of drug-likeness (QED) is 0.322. The Bertz CT molecular complexity index is 686. The third kappa shape index (κ3) is 7.81. The molecule has 0 aliphatic rings. The Morgan fingerprint density at radius 2 is 1.21 bits per heavy atom. The van der Waals surface area contributed by atoms with E-state index in [1.165, 1.54) is 11.1 Å². The van der Waals surface area contributed by atoms with E-state index in [2.05, 4.69) is 63.2 Å². The van der Waals surface area contributed by atoms with Crippen LogP contribution >= 0.6 is 0 Å². The molecular weight excluding hydrogens is 376 g/mol. The standard InChI is InChI=1S/C26H38O2S/c1-25(2,23-14-6-4-7-15-23)18-10-12-20-29(28)21-13-11-19-26(3,22-27)24-16-8-5-9-17-24/h4-9,14-17,27H,10-13,18-22H2,1-3H3. The van der Waals surface area contributed by atoms with Crippen LogP contribution in [0.1, 0.15) is 70.4 Å². The molecule has 0 aliphatic heterocycles. The van der Waals surface area contributed by atoms with E-state index in [-0.39, 0.29) is 17.4 Å². The van der Waals surface area contributed by atoms with E-state index in [9.17, 15) is 9.66 Å². The Labute approximate surface area is 180 Å². The van der Waals surface area contributed by atoms with Gasteiger partial charge < -0.3 is 9.66 Å². The molecule has 2 atom stereocenters. The molecule has 0 saturated heterocycles. The third-order valence-corrected chi connectivity index (χ3v) is 7.64. The molecule has 0 saturated carbocycles. The Hall–Kier alpha value is -1.29. The average Bonchev–Trinajstić information content (AvgIpc) is 2.75. The second-order valence-corrected chi connectivity index (χ2v) is 10.8. The minimum absolute atomic E-state index is 0.150. The second-order valence-electron chi connectivity index (χ2n) is 9.10. The predicted molar refractivity (Wildman–Crippen MR) is 126 cm³/mol. The summed E-state index contributed by atoms with van der Waals surface area (Å²) in [5, 5.41) is 9.88. The van der Waals surface area contributed by atoms with Gasteiger partial charge in [0.05, 0.1) is 6.61 Å². The van der Waals surface area contributed by atoms with Gasteiger partial charge in [0.25, 0.3) is 0 Å². The Balaban J connectivity index is 1.63. The van der Waals surface area contributed by atoms with Crippen molar-refractivity contribution in [2.45, 2.75) is 70.1 Å². The van der Waals surface area contributed by atoms with Gasteiger partial charge >= 0.3 is 0 Å². The second kappa shape index (κ2) is 11.8. The first kappa shape index (κ1) is 24.0. The van der Waals surface area contributed by atoms with Crippen LogP contribution in [-0.4, -0.2) is 27.8 Å². The first-order valence-electron chi connectivity index (χ1n) is 10.9. The average molecular weight is 415 g/mol. The monoisotopic (exact) mass is 414 g/mol. The molecule has 0 fully saturated rings. The summed E-state index contributed by atoms with van der Waals surface area (Å²) in [4.78, 5) is 0. The summed E-state index contributed by atoms with van der Waals surface area (Å²) in [5.74, 6) is 1.58. The fourth-order valence-electron chi connectivity index (χ4n) is 3.90. The van der Waals surface area contributed by atoms with Crippen LogP contribution in [0.4, 0.5) is 0 Å². The first-order valence-corrected chi connectivity index (χ1v) is 12.4. The van der Waals surface area contributed by atoms with E-state index in [0.29, 0.717) is 0 Å². The van der Waals surface area contributed by atoms with Crippen molar-refractivity contribution in [3.05, 3.63) is 71.8 Å². The number of rotatable bonds is 13. The first-order chi connectivity index (χ1) is 13.9. The van der Waals surface area contributed by atoms with Crippen LogP contribution in [0.25, 0.3) is 0 Å². The molecule has 2 rings (SSSR count). The number of benzene rings is 2. The molecule has 0 radical (unpaired) electrons. The highest BCUT2D eigenvalue weighted by Gasteiger charge is 2.25. The van der Waals surface area contributed by atoms with Crippen molar-refractivity contribution < 1.29 is 9.66 Å². The van der Waals surface area contributed by atoms with Gasteiger partial charge in [-0.25, -0.2) is 0 Å². The van der Waals surface area contributed by atoms with Gasteiger partial charge in [-0.2, -0.15) is 0 Å². The maximum Gasteiger partial charge on any atom is 0.105 e. The highest BCUT2D eigenvalue weighted by Crippen LogP contribution is 2.30. The maximum atomic E-state index is 12.4. The van der Waals surface area contributed by atoms with Crippen molar-refractivity contribution in [1.29, 1.82) is 0 Å². The highest BCUT2D eigenvalue weighted by atomic mass is 32.2. The number of hydrogen-bond acceptors (Lipinski definition) is 2. The molecule has 1 N–H and O–H groups in total. The summed E-state index contributed by atoms with van der Waals surface area (Å²) >= 11 is -0.730. The van der Waals surface area contributed by atoms with Crippen molar-refractivity contribution in [3.8, 4) is 0 Å². The molecule has 2 aromatic carbocycles. The van der Waals surface area contributed by atoms with Crippen LogP contribution in [0.15, 0.2) is 60.7 Å². The van der Waals surface area contributed by atoms with E-state index < -0.39 is 11.2 Å². The van der Waals surface area contributed by atoms with Crippen LogP contribution < -0.4 is 0 Å². The smallest absolute Gasteiger partial charge is 0.105 e. The number of aliphatic hydroxyl groups is 1. The van der Waals surface area contributed by atoms with Crippen molar-refractivity contribution in [2.24, 2.45) is 0 Å². The third-order valence-electron chi connectivity index (χ3n) is 6.15. The van der Waals surface area contributed by atoms with Crippen LogP contribution in [-0.2, 0) is 22.0 Å². The lowest BCUT2D eigenvalue weighted by atomic mass is 9.79. The van der Waals surface area contributed by atoms with E-state index in [4.69, 9.17) is 0 Å². The van der Waals surface area contributed by atoms with Gasteiger partial charge in [0.2, 0.25) is 0 Å². The van der Waals surface area contributed by atoms with E-state index in [0.717, 1.165) is 50.0 Å². The molecule has 3 heteroatoms. The number of aliphatic hydroxyl groups excluding tert-OH is 1. The van der Waals surface area contributed by atoms with Gasteiger partial charge in [-0.3, -0.25) is 0 Å². The van der Waals surface area contributed by atoms with Crippen LogP contribution in [0.5, 0.6) is 0 Å². The van der Waals surface area contributed by atoms with Gasteiger partial charge in [-0.05, 0) is 55.1 Å². The van der Waals surface area contributed by atoms with Gasteiger partial charge in [-0.1, -0.05) is 92.6 Å². The Morgan fingerprint density at radius 3 is 1.72 bits per heavy atom. The van der Waals surface area contributed by atoms with E-state index in [1.807, 2.05) is 18.2 Å². The minimum Gasteiger partial charge on any atom is -0.616 e. The summed E-state index contributed by atoms with van der Waals surface area (Å²) in [6.07, 6.45) is 6.16. The zero-order valence-electron chi connectivity index (χ0n) is 18.4. The van der Waals surface area contributed by atoms with Gasteiger partial charge in [0, 0.05) is 5.41 Å². The number of unbranched alkanes of at least 4 members (excludes halogenated alkanes) is 2. The number of hydrogen-bond donors (Lipinski definition) is 1. The summed E-state index contributed by atoms with van der Waals surface area (Å²) in [6, 6.07) is 20.9.